The summed E-state index contributed by atoms with van der Waals surface area (Å²) in [4.78, 5) is 8.66. The normalized spacial score (nSPS) is 15.0. The van der Waals surface area contributed by atoms with E-state index in [9.17, 15) is 4.39 Å². The molecule has 1 fully saturated rings. The second-order valence-corrected chi connectivity index (χ2v) is 7.87. The van der Waals surface area contributed by atoms with Crippen LogP contribution in [0, 0.1) is 11.7 Å². The molecule has 27 heavy (non-hydrogen) atoms. The molecule has 0 unspecified atom stereocenters. The Bertz CT molecular complexity index is 901. The van der Waals surface area contributed by atoms with Crippen LogP contribution in [0.3, 0.4) is 0 Å². The van der Waals surface area contributed by atoms with Crippen molar-refractivity contribution >= 4 is 22.2 Å². The Morgan fingerprint density at radius 2 is 2.15 bits per heavy atom. The summed E-state index contributed by atoms with van der Waals surface area (Å²) in [7, 11) is 1.93. The average molecular weight is 386 g/mol. The van der Waals surface area contributed by atoms with Crippen LogP contribution >= 0.6 is 11.3 Å². The van der Waals surface area contributed by atoms with Crippen molar-refractivity contribution in [1.29, 1.82) is 0 Å². The third kappa shape index (κ3) is 4.30. The standard InChI is InChI=1S/C20H23FN4OS/c1-25-13-22-10-18(25)17-12-27-20(24-17)23-15-7-8-19(16(21)9-15)26-11-14-5-3-2-4-6-14/h7-10,12-14H,2-6,11H2,1H3,(H,23,24). The molecule has 0 amide bonds. The van der Waals surface area contributed by atoms with Gasteiger partial charge in [-0.05, 0) is 30.9 Å². The topological polar surface area (TPSA) is 52.0 Å². The smallest absolute Gasteiger partial charge is 0.187 e. The second-order valence-electron chi connectivity index (χ2n) is 7.01. The fourth-order valence-corrected chi connectivity index (χ4v) is 4.16. The van der Waals surface area contributed by atoms with Crippen molar-refractivity contribution < 1.29 is 9.13 Å². The number of anilines is 2. The van der Waals surface area contributed by atoms with Crippen LogP contribution in [0.1, 0.15) is 32.1 Å². The van der Waals surface area contributed by atoms with Gasteiger partial charge in [0.2, 0.25) is 0 Å². The molecule has 2 aromatic heterocycles. The summed E-state index contributed by atoms with van der Waals surface area (Å²) in [5, 5.41) is 5.83. The van der Waals surface area contributed by atoms with E-state index in [1.54, 1.807) is 18.6 Å². The van der Waals surface area contributed by atoms with Crippen LogP contribution in [0.2, 0.25) is 0 Å². The molecule has 142 valence electrons. The van der Waals surface area contributed by atoms with Crippen LogP contribution in [0.4, 0.5) is 15.2 Å². The van der Waals surface area contributed by atoms with Gasteiger partial charge in [-0.15, -0.1) is 11.3 Å². The molecule has 0 aliphatic heterocycles. The molecule has 0 radical (unpaired) electrons. The highest BCUT2D eigenvalue weighted by Crippen LogP contribution is 2.30. The van der Waals surface area contributed by atoms with Crippen LogP contribution < -0.4 is 10.1 Å². The Kier molecular flexibility index (Phi) is 5.38. The quantitative estimate of drug-likeness (QED) is 0.617. The molecule has 5 nitrogen and oxygen atoms in total. The zero-order valence-corrected chi connectivity index (χ0v) is 16.1. The number of benzene rings is 1. The molecule has 3 aromatic rings. The summed E-state index contributed by atoms with van der Waals surface area (Å²) in [6.07, 6.45) is 9.71. The lowest BCUT2D eigenvalue weighted by Gasteiger charge is -2.21. The van der Waals surface area contributed by atoms with Gasteiger partial charge in [0.1, 0.15) is 5.69 Å². The summed E-state index contributed by atoms with van der Waals surface area (Å²) in [6, 6.07) is 4.97. The minimum atomic E-state index is -0.348. The first kappa shape index (κ1) is 18.0. The summed E-state index contributed by atoms with van der Waals surface area (Å²) >= 11 is 1.47. The van der Waals surface area contributed by atoms with Gasteiger partial charge in [-0.1, -0.05) is 19.3 Å². The fraction of sp³-hybridized carbons (Fsp3) is 0.400. The molecule has 0 spiro atoms. The molecular weight excluding hydrogens is 363 g/mol. The molecule has 7 heteroatoms. The summed E-state index contributed by atoms with van der Waals surface area (Å²) in [6.45, 7) is 0.601. The van der Waals surface area contributed by atoms with E-state index in [-0.39, 0.29) is 5.82 Å². The van der Waals surface area contributed by atoms with Crippen LogP contribution in [0.5, 0.6) is 5.75 Å². The van der Waals surface area contributed by atoms with Crippen LogP contribution in [-0.4, -0.2) is 21.1 Å². The summed E-state index contributed by atoms with van der Waals surface area (Å²) < 4.78 is 22.0. The maximum Gasteiger partial charge on any atom is 0.187 e. The number of aromatic nitrogens is 3. The summed E-state index contributed by atoms with van der Waals surface area (Å²) in [5.41, 5.74) is 2.44. The third-order valence-corrected chi connectivity index (χ3v) is 5.72. The van der Waals surface area contributed by atoms with Crippen LogP contribution in [0.15, 0.2) is 36.1 Å². The Hall–Kier alpha value is -2.41. The average Bonchev–Trinajstić information content (AvgIpc) is 3.30. The molecule has 2 heterocycles. The number of hydrogen-bond donors (Lipinski definition) is 1. The third-order valence-electron chi connectivity index (χ3n) is 4.97. The van der Waals surface area contributed by atoms with E-state index in [2.05, 4.69) is 15.3 Å². The number of rotatable bonds is 6. The van der Waals surface area contributed by atoms with Crippen molar-refractivity contribution in [2.75, 3.05) is 11.9 Å². The SMILES string of the molecule is Cn1cncc1-c1csc(Nc2ccc(OCC3CCCCC3)c(F)c2)n1. The number of ether oxygens (including phenoxy) is 1. The molecule has 1 aromatic carbocycles. The number of imidazole rings is 1. The second kappa shape index (κ2) is 8.08. The van der Waals surface area contributed by atoms with Gasteiger partial charge in [-0.2, -0.15) is 0 Å². The van der Waals surface area contributed by atoms with E-state index in [0.717, 1.165) is 11.4 Å². The van der Waals surface area contributed by atoms with Gasteiger partial charge in [-0.25, -0.2) is 14.4 Å². The molecule has 0 atom stereocenters. The number of nitrogens with one attached hydrogen (secondary N) is 1. The molecule has 4 rings (SSSR count). The minimum Gasteiger partial charge on any atom is -0.490 e. The maximum atomic E-state index is 14.4. The molecular formula is C20H23FN4OS. The highest BCUT2D eigenvalue weighted by molar-refractivity contribution is 7.14. The Morgan fingerprint density at radius 3 is 2.89 bits per heavy atom. The predicted octanol–water partition coefficient (Wildman–Crippen LogP) is 5.39. The Labute approximate surface area is 162 Å². The van der Waals surface area contributed by atoms with Crippen LogP contribution in [-0.2, 0) is 7.05 Å². The van der Waals surface area contributed by atoms with E-state index < -0.39 is 0 Å². The molecule has 1 aliphatic rings. The van der Waals surface area contributed by atoms with E-state index >= 15 is 0 Å². The lowest BCUT2D eigenvalue weighted by Crippen LogP contribution is -2.15. The fourth-order valence-electron chi connectivity index (χ4n) is 3.43. The predicted molar refractivity (Wildman–Crippen MR) is 106 cm³/mol. The highest BCUT2D eigenvalue weighted by atomic mass is 32.1. The number of thiazole rings is 1. The highest BCUT2D eigenvalue weighted by Gasteiger charge is 2.15. The number of hydrogen-bond acceptors (Lipinski definition) is 5. The van der Waals surface area contributed by atoms with Gasteiger partial charge in [-0.3, -0.25) is 0 Å². The lowest BCUT2D eigenvalue weighted by molar-refractivity contribution is 0.202. The molecule has 0 saturated heterocycles. The van der Waals surface area contributed by atoms with E-state index in [1.807, 2.05) is 23.1 Å². The van der Waals surface area contributed by atoms with E-state index in [4.69, 9.17) is 4.74 Å². The first-order chi connectivity index (χ1) is 13.2. The van der Waals surface area contributed by atoms with Gasteiger partial charge in [0, 0.05) is 24.2 Å². The number of halogens is 1. The Morgan fingerprint density at radius 1 is 1.30 bits per heavy atom. The van der Waals surface area contributed by atoms with Crippen molar-refractivity contribution in [3.05, 3.63) is 41.9 Å². The van der Waals surface area contributed by atoms with Crippen LogP contribution in [0.25, 0.3) is 11.4 Å². The first-order valence-electron chi connectivity index (χ1n) is 9.30. The lowest BCUT2D eigenvalue weighted by atomic mass is 9.90. The number of nitrogens with zero attached hydrogens (tertiary/aromatic N) is 3. The molecule has 1 N–H and O–H groups in total. The minimum absolute atomic E-state index is 0.320. The van der Waals surface area contributed by atoms with Gasteiger partial charge >= 0.3 is 0 Å². The van der Waals surface area contributed by atoms with Crippen molar-refractivity contribution in [3.63, 3.8) is 0 Å². The monoisotopic (exact) mass is 386 g/mol. The first-order valence-corrected chi connectivity index (χ1v) is 10.2. The molecule has 0 bridgehead atoms. The largest absolute Gasteiger partial charge is 0.490 e. The maximum absolute atomic E-state index is 14.4. The van der Waals surface area contributed by atoms with Gasteiger partial charge in [0.25, 0.3) is 0 Å². The summed E-state index contributed by atoms with van der Waals surface area (Å²) in [5.74, 6) is 0.525. The number of aryl methyl sites for hydroxylation is 1. The Balaban J connectivity index is 1.39. The van der Waals surface area contributed by atoms with Gasteiger partial charge < -0.3 is 14.6 Å². The molecule has 1 saturated carbocycles. The van der Waals surface area contributed by atoms with Crippen molar-refractivity contribution in [1.82, 2.24) is 14.5 Å². The van der Waals surface area contributed by atoms with Gasteiger partial charge in [0.15, 0.2) is 16.7 Å². The van der Waals surface area contributed by atoms with E-state index in [1.165, 1.54) is 49.5 Å². The zero-order valence-electron chi connectivity index (χ0n) is 15.3. The van der Waals surface area contributed by atoms with Gasteiger partial charge in [0.05, 0.1) is 24.8 Å². The van der Waals surface area contributed by atoms with Crippen molar-refractivity contribution in [3.8, 4) is 17.1 Å². The van der Waals surface area contributed by atoms with Crippen molar-refractivity contribution in [2.45, 2.75) is 32.1 Å². The molecule has 1 aliphatic carbocycles. The van der Waals surface area contributed by atoms with E-state index in [0.29, 0.717) is 29.1 Å². The zero-order chi connectivity index (χ0) is 18.6. The van der Waals surface area contributed by atoms with Crippen molar-refractivity contribution in [2.24, 2.45) is 13.0 Å².